The Morgan fingerprint density at radius 2 is 2.27 bits per heavy atom. The summed E-state index contributed by atoms with van der Waals surface area (Å²) in [7, 11) is 0. The second-order valence-electron chi connectivity index (χ2n) is 4.26. The van der Waals surface area contributed by atoms with Crippen molar-refractivity contribution in [2.24, 2.45) is 0 Å². The van der Waals surface area contributed by atoms with Gasteiger partial charge in [-0.1, -0.05) is 25.1 Å². The molecule has 1 nitrogen and oxygen atoms in total. The number of nitriles is 1. The van der Waals surface area contributed by atoms with Crippen LogP contribution < -0.4 is 0 Å². The topological polar surface area (TPSA) is 23.8 Å². The predicted molar refractivity (Wildman–Crippen MR) is 61.7 cm³/mol. The van der Waals surface area contributed by atoms with Crippen LogP contribution in [-0.2, 0) is 0 Å². The Kier molecular flexibility index (Phi) is 2.60. The van der Waals surface area contributed by atoms with Crippen molar-refractivity contribution in [1.29, 1.82) is 5.26 Å². The van der Waals surface area contributed by atoms with Gasteiger partial charge in [0.25, 0.3) is 0 Å². The molecule has 1 unspecified atom stereocenters. The molecule has 0 bridgehead atoms. The SMILES string of the molecule is C=CC(C)c1cc(C2CC2)ccc1C#N. The molecule has 0 heterocycles. The highest BCUT2D eigenvalue weighted by molar-refractivity contribution is 5.45. The molecular formula is C14H15N. The molecule has 2 rings (SSSR count). The summed E-state index contributed by atoms with van der Waals surface area (Å²) in [5, 5.41) is 9.02. The fraction of sp³-hybridized carbons (Fsp3) is 0.357. The van der Waals surface area contributed by atoms with E-state index < -0.39 is 0 Å². The fourth-order valence-electron chi connectivity index (χ4n) is 1.86. The fourth-order valence-corrected chi connectivity index (χ4v) is 1.86. The highest BCUT2D eigenvalue weighted by Gasteiger charge is 2.24. The lowest BCUT2D eigenvalue weighted by molar-refractivity contribution is 0.953. The van der Waals surface area contributed by atoms with Crippen LogP contribution in [0, 0.1) is 11.3 Å². The minimum absolute atomic E-state index is 0.262. The second-order valence-corrected chi connectivity index (χ2v) is 4.26. The molecular weight excluding hydrogens is 182 g/mol. The summed E-state index contributed by atoms with van der Waals surface area (Å²) in [4.78, 5) is 0. The average molecular weight is 197 g/mol. The first kappa shape index (κ1) is 9.98. The van der Waals surface area contributed by atoms with Gasteiger partial charge in [0.15, 0.2) is 0 Å². The van der Waals surface area contributed by atoms with Crippen molar-refractivity contribution >= 4 is 0 Å². The third kappa shape index (κ3) is 1.94. The van der Waals surface area contributed by atoms with E-state index in [1.54, 1.807) is 0 Å². The third-order valence-corrected chi connectivity index (χ3v) is 3.09. The minimum atomic E-state index is 0.262. The highest BCUT2D eigenvalue weighted by Crippen LogP contribution is 2.41. The number of hydrogen-bond donors (Lipinski definition) is 0. The van der Waals surface area contributed by atoms with Crippen LogP contribution in [0.3, 0.4) is 0 Å². The third-order valence-electron chi connectivity index (χ3n) is 3.09. The van der Waals surface area contributed by atoms with E-state index in [0.29, 0.717) is 0 Å². The Morgan fingerprint density at radius 1 is 1.53 bits per heavy atom. The van der Waals surface area contributed by atoms with Crippen LogP contribution in [0.4, 0.5) is 0 Å². The molecule has 1 fully saturated rings. The van der Waals surface area contributed by atoms with Crippen LogP contribution in [0.1, 0.15) is 48.3 Å². The van der Waals surface area contributed by atoms with Crippen LogP contribution in [0.25, 0.3) is 0 Å². The Morgan fingerprint density at radius 3 is 2.80 bits per heavy atom. The lowest BCUT2D eigenvalue weighted by Crippen LogP contribution is -1.95. The molecule has 0 N–H and O–H groups in total. The highest BCUT2D eigenvalue weighted by atomic mass is 14.3. The predicted octanol–water partition coefficient (Wildman–Crippen LogP) is 3.73. The molecule has 1 saturated carbocycles. The van der Waals surface area contributed by atoms with E-state index >= 15 is 0 Å². The van der Waals surface area contributed by atoms with E-state index in [1.165, 1.54) is 18.4 Å². The van der Waals surface area contributed by atoms with Crippen molar-refractivity contribution < 1.29 is 0 Å². The maximum atomic E-state index is 9.02. The molecule has 1 atom stereocenters. The summed E-state index contributed by atoms with van der Waals surface area (Å²) in [6.45, 7) is 5.88. The summed E-state index contributed by atoms with van der Waals surface area (Å²) in [5.74, 6) is 1.01. The van der Waals surface area contributed by atoms with Gasteiger partial charge in [-0.25, -0.2) is 0 Å². The minimum Gasteiger partial charge on any atom is -0.192 e. The Balaban J connectivity index is 2.42. The van der Waals surface area contributed by atoms with Crippen LogP contribution >= 0.6 is 0 Å². The lowest BCUT2D eigenvalue weighted by Gasteiger charge is -2.10. The van der Waals surface area contributed by atoms with Gasteiger partial charge in [0, 0.05) is 5.92 Å². The lowest BCUT2D eigenvalue weighted by atomic mass is 9.93. The number of benzene rings is 1. The first-order valence-electron chi connectivity index (χ1n) is 5.42. The van der Waals surface area contributed by atoms with Gasteiger partial charge in [-0.05, 0) is 36.0 Å². The molecule has 0 amide bonds. The zero-order valence-corrected chi connectivity index (χ0v) is 9.03. The molecule has 0 radical (unpaired) electrons. The van der Waals surface area contributed by atoms with Gasteiger partial charge < -0.3 is 0 Å². The standard InChI is InChI=1S/C14H15N/c1-3-10(2)14-8-12(11-4-5-11)6-7-13(14)9-15/h3,6-8,10-11H,1,4-5H2,2H3. The van der Waals surface area contributed by atoms with Crippen LogP contribution in [0.2, 0.25) is 0 Å². The van der Waals surface area contributed by atoms with E-state index in [-0.39, 0.29) is 5.92 Å². The van der Waals surface area contributed by atoms with E-state index in [9.17, 15) is 0 Å². The molecule has 15 heavy (non-hydrogen) atoms. The van der Waals surface area contributed by atoms with Crippen LogP contribution in [0.5, 0.6) is 0 Å². The van der Waals surface area contributed by atoms with Crippen molar-refractivity contribution in [1.82, 2.24) is 0 Å². The van der Waals surface area contributed by atoms with Gasteiger partial charge in [0.1, 0.15) is 0 Å². The first-order chi connectivity index (χ1) is 7.26. The van der Waals surface area contributed by atoms with Gasteiger partial charge >= 0.3 is 0 Å². The van der Waals surface area contributed by atoms with Crippen LogP contribution in [-0.4, -0.2) is 0 Å². The second kappa shape index (κ2) is 3.90. The molecule has 0 spiro atoms. The molecule has 1 heteroatoms. The molecule has 0 aromatic heterocycles. The van der Waals surface area contributed by atoms with Crippen molar-refractivity contribution in [3.8, 4) is 6.07 Å². The summed E-state index contributed by atoms with van der Waals surface area (Å²) in [6, 6.07) is 8.47. The van der Waals surface area contributed by atoms with E-state index in [2.05, 4.69) is 31.7 Å². The number of nitrogens with zero attached hydrogens (tertiary/aromatic N) is 1. The van der Waals surface area contributed by atoms with Gasteiger partial charge in [-0.15, -0.1) is 6.58 Å². The summed E-state index contributed by atoms with van der Waals surface area (Å²) in [6.07, 6.45) is 4.49. The molecule has 76 valence electrons. The monoisotopic (exact) mass is 197 g/mol. The number of hydrogen-bond acceptors (Lipinski definition) is 1. The molecule has 1 aliphatic rings. The maximum Gasteiger partial charge on any atom is 0.0994 e. The Labute approximate surface area is 91.0 Å². The molecule has 0 saturated heterocycles. The van der Waals surface area contributed by atoms with Crippen molar-refractivity contribution in [2.75, 3.05) is 0 Å². The van der Waals surface area contributed by atoms with Crippen molar-refractivity contribution in [2.45, 2.75) is 31.6 Å². The summed E-state index contributed by atoms with van der Waals surface area (Å²) >= 11 is 0. The van der Waals surface area contributed by atoms with Gasteiger partial charge in [-0.3, -0.25) is 0 Å². The Bertz CT molecular complexity index is 421. The van der Waals surface area contributed by atoms with E-state index in [1.807, 2.05) is 12.1 Å². The van der Waals surface area contributed by atoms with Crippen molar-refractivity contribution in [3.63, 3.8) is 0 Å². The van der Waals surface area contributed by atoms with Gasteiger partial charge in [-0.2, -0.15) is 5.26 Å². The van der Waals surface area contributed by atoms with Gasteiger partial charge in [0.05, 0.1) is 11.6 Å². The first-order valence-corrected chi connectivity index (χ1v) is 5.42. The van der Waals surface area contributed by atoms with E-state index in [4.69, 9.17) is 5.26 Å². The largest absolute Gasteiger partial charge is 0.192 e. The molecule has 1 aromatic rings. The Hall–Kier alpha value is -1.55. The van der Waals surface area contributed by atoms with Crippen LogP contribution in [0.15, 0.2) is 30.9 Å². The molecule has 0 aliphatic heterocycles. The van der Waals surface area contributed by atoms with Crippen molar-refractivity contribution in [3.05, 3.63) is 47.5 Å². The average Bonchev–Trinajstić information content (AvgIpc) is 3.11. The normalized spacial score (nSPS) is 16.8. The zero-order valence-electron chi connectivity index (χ0n) is 9.03. The quantitative estimate of drug-likeness (QED) is 0.677. The summed E-state index contributed by atoms with van der Waals surface area (Å²) < 4.78 is 0. The number of allylic oxidation sites excluding steroid dienone is 1. The van der Waals surface area contributed by atoms with E-state index in [0.717, 1.165) is 17.0 Å². The molecule has 1 aromatic carbocycles. The zero-order chi connectivity index (χ0) is 10.8. The maximum absolute atomic E-state index is 9.02. The molecule has 1 aliphatic carbocycles. The summed E-state index contributed by atoms with van der Waals surface area (Å²) in [5.41, 5.74) is 3.29. The van der Waals surface area contributed by atoms with Gasteiger partial charge in [0.2, 0.25) is 0 Å². The number of rotatable bonds is 3. The smallest absolute Gasteiger partial charge is 0.0994 e.